The standard InChI is InChI=1S/C24H28F2N8/c1-15-28-19-4-3-18(30-22(19)33(15)14-21(25)26)17-5-8-34-20(17)13-27-23(31-34)29-16-11-24(12-16)6-9-32(2)10-7-24/h3-5,8,13,16,21H,6-7,9-12,14H2,1-2H3,(H,29,31). The molecule has 6 rings (SSSR count). The van der Waals surface area contributed by atoms with Gasteiger partial charge in [-0.15, -0.1) is 5.10 Å². The second kappa shape index (κ2) is 7.97. The molecule has 4 aromatic rings. The third-order valence-electron chi connectivity index (χ3n) is 7.54. The quantitative estimate of drug-likeness (QED) is 0.479. The van der Waals surface area contributed by atoms with Crippen molar-refractivity contribution in [3.8, 4) is 11.3 Å². The maximum Gasteiger partial charge on any atom is 0.256 e. The number of anilines is 1. The van der Waals surface area contributed by atoms with Crippen molar-refractivity contribution >= 4 is 22.6 Å². The van der Waals surface area contributed by atoms with Crippen LogP contribution in [0.2, 0.25) is 0 Å². The summed E-state index contributed by atoms with van der Waals surface area (Å²) in [5.41, 5.74) is 3.91. The molecule has 178 valence electrons. The van der Waals surface area contributed by atoms with Crippen LogP contribution in [0.4, 0.5) is 14.7 Å². The molecule has 1 saturated heterocycles. The maximum atomic E-state index is 13.1. The number of likely N-dealkylation sites (tertiary alicyclic amines) is 1. The van der Waals surface area contributed by atoms with E-state index in [1.165, 1.54) is 43.3 Å². The van der Waals surface area contributed by atoms with Gasteiger partial charge in [-0.2, -0.15) is 0 Å². The molecule has 4 aromatic heterocycles. The zero-order chi connectivity index (χ0) is 23.4. The number of aryl methyl sites for hydroxylation is 1. The molecule has 5 heterocycles. The van der Waals surface area contributed by atoms with Crippen LogP contribution in [0.15, 0.2) is 30.6 Å². The summed E-state index contributed by atoms with van der Waals surface area (Å²) in [6, 6.07) is 6.03. The molecule has 1 spiro atoms. The van der Waals surface area contributed by atoms with Gasteiger partial charge in [0.05, 0.1) is 24.0 Å². The predicted molar refractivity (Wildman–Crippen MR) is 126 cm³/mol. The number of hydrogen-bond donors (Lipinski definition) is 1. The number of pyridine rings is 1. The van der Waals surface area contributed by atoms with Crippen LogP contribution in [0.1, 0.15) is 31.5 Å². The number of fused-ring (bicyclic) bond motifs is 2. The summed E-state index contributed by atoms with van der Waals surface area (Å²) in [6.45, 7) is 3.66. The number of halogens is 2. The van der Waals surface area contributed by atoms with Gasteiger partial charge in [0.25, 0.3) is 6.43 Å². The molecule has 0 aromatic carbocycles. The van der Waals surface area contributed by atoms with Crippen LogP contribution in [0.5, 0.6) is 0 Å². The third-order valence-corrected chi connectivity index (χ3v) is 7.54. The van der Waals surface area contributed by atoms with Crippen molar-refractivity contribution < 1.29 is 8.78 Å². The normalized spacial score (nSPS) is 18.9. The minimum absolute atomic E-state index is 0.415. The topological polar surface area (TPSA) is 76.2 Å². The molecule has 1 saturated carbocycles. The first kappa shape index (κ1) is 21.4. The number of aromatic nitrogens is 6. The number of hydrogen-bond acceptors (Lipinski definition) is 6. The van der Waals surface area contributed by atoms with Gasteiger partial charge in [-0.3, -0.25) is 0 Å². The first-order valence-corrected chi connectivity index (χ1v) is 11.8. The highest BCUT2D eigenvalue weighted by Gasteiger charge is 2.45. The lowest BCUT2D eigenvalue weighted by atomic mass is 9.60. The van der Waals surface area contributed by atoms with Gasteiger partial charge in [-0.25, -0.2) is 28.2 Å². The summed E-state index contributed by atoms with van der Waals surface area (Å²) in [7, 11) is 2.20. The highest BCUT2D eigenvalue weighted by atomic mass is 19.3. The predicted octanol–water partition coefficient (Wildman–Crippen LogP) is 4.00. The van der Waals surface area contributed by atoms with Crippen LogP contribution < -0.4 is 5.32 Å². The van der Waals surface area contributed by atoms with E-state index in [-0.39, 0.29) is 0 Å². The molecule has 0 unspecified atom stereocenters. The smallest absolute Gasteiger partial charge is 0.256 e. The third kappa shape index (κ3) is 3.70. The van der Waals surface area contributed by atoms with Crippen LogP contribution in [-0.4, -0.2) is 66.6 Å². The van der Waals surface area contributed by atoms with Gasteiger partial charge in [0.2, 0.25) is 5.95 Å². The monoisotopic (exact) mass is 466 g/mol. The van der Waals surface area contributed by atoms with Gasteiger partial charge in [0, 0.05) is 17.8 Å². The Bertz CT molecular complexity index is 1340. The Morgan fingerprint density at radius 1 is 1.15 bits per heavy atom. The fraction of sp³-hybridized carbons (Fsp3) is 0.500. The largest absolute Gasteiger partial charge is 0.350 e. The Hall–Kier alpha value is -3.14. The second-order valence-electron chi connectivity index (χ2n) is 9.89. The summed E-state index contributed by atoms with van der Waals surface area (Å²) in [4.78, 5) is 16.0. The summed E-state index contributed by atoms with van der Waals surface area (Å²) in [6.07, 6.45) is 6.10. The number of rotatable bonds is 5. The molecule has 1 N–H and O–H groups in total. The summed E-state index contributed by atoms with van der Waals surface area (Å²) < 4.78 is 29.4. The van der Waals surface area contributed by atoms with E-state index in [1.807, 2.05) is 24.4 Å². The Morgan fingerprint density at radius 3 is 2.71 bits per heavy atom. The molecule has 2 fully saturated rings. The van der Waals surface area contributed by atoms with Gasteiger partial charge in [-0.05, 0) is 76.4 Å². The van der Waals surface area contributed by atoms with Gasteiger partial charge in [0.15, 0.2) is 5.65 Å². The highest BCUT2D eigenvalue weighted by molar-refractivity contribution is 5.82. The molecule has 8 nitrogen and oxygen atoms in total. The molecule has 0 atom stereocenters. The second-order valence-corrected chi connectivity index (χ2v) is 9.89. The molecule has 1 aliphatic heterocycles. The van der Waals surface area contributed by atoms with E-state index >= 15 is 0 Å². The van der Waals surface area contributed by atoms with Gasteiger partial charge >= 0.3 is 0 Å². The van der Waals surface area contributed by atoms with Crippen LogP contribution >= 0.6 is 0 Å². The fourth-order valence-corrected chi connectivity index (χ4v) is 5.58. The summed E-state index contributed by atoms with van der Waals surface area (Å²) in [5.74, 6) is 1.15. The Balaban J connectivity index is 1.22. The Morgan fingerprint density at radius 2 is 1.94 bits per heavy atom. The van der Waals surface area contributed by atoms with Crippen LogP contribution in [0, 0.1) is 12.3 Å². The number of alkyl halides is 2. The van der Waals surface area contributed by atoms with Crippen LogP contribution in [-0.2, 0) is 6.54 Å². The molecule has 34 heavy (non-hydrogen) atoms. The zero-order valence-electron chi connectivity index (χ0n) is 19.4. The van der Waals surface area contributed by atoms with Gasteiger partial charge in [0.1, 0.15) is 11.3 Å². The van der Waals surface area contributed by atoms with E-state index in [0.29, 0.717) is 40.1 Å². The fourth-order valence-electron chi connectivity index (χ4n) is 5.58. The summed E-state index contributed by atoms with van der Waals surface area (Å²) in [5, 5.41) is 8.15. The minimum atomic E-state index is -2.47. The van der Waals surface area contributed by atoms with Crippen molar-refractivity contribution in [1.29, 1.82) is 0 Å². The van der Waals surface area contributed by atoms with E-state index in [1.54, 1.807) is 17.6 Å². The van der Waals surface area contributed by atoms with Crippen LogP contribution in [0.25, 0.3) is 27.9 Å². The maximum absolute atomic E-state index is 13.1. The number of nitrogens with one attached hydrogen (secondary N) is 1. The lowest BCUT2D eigenvalue weighted by Gasteiger charge is -2.51. The number of nitrogens with zero attached hydrogens (tertiary/aromatic N) is 7. The van der Waals surface area contributed by atoms with Crippen molar-refractivity contribution in [2.75, 3.05) is 25.5 Å². The van der Waals surface area contributed by atoms with E-state index in [0.717, 1.165) is 11.1 Å². The van der Waals surface area contributed by atoms with Crippen molar-refractivity contribution in [1.82, 2.24) is 34.0 Å². The van der Waals surface area contributed by atoms with E-state index in [4.69, 9.17) is 0 Å². The molecule has 10 heteroatoms. The molecule has 2 aliphatic rings. The van der Waals surface area contributed by atoms with Crippen molar-refractivity contribution in [3.05, 3.63) is 36.4 Å². The minimum Gasteiger partial charge on any atom is -0.350 e. The average Bonchev–Trinajstić information content (AvgIpc) is 3.34. The van der Waals surface area contributed by atoms with Crippen molar-refractivity contribution in [3.63, 3.8) is 0 Å². The Labute approximate surface area is 196 Å². The number of imidazole rings is 1. The first-order chi connectivity index (χ1) is 16.4. The van der Waals surface area contributed by atoms with Crippen LogP contribution in [0.3, 0.4) is 0 Å². The highest BCUT2D eigenvalue weighted by Crippen LogP contribution is 2.49. The van der Waals surface area contributed by atoms with E-state index < -0.39 is 13.0 Å². The van der Waals surface area contributed by atoms with Crippen molar-refractivity contribution in [2.24, 2.45) is 5.41 Å². The Kier molecular flexibility index (Phi) is 5.02. The lowest BCUT2D eigenvalue weighted by Crippen LogP contribution is -2.51. The van der Waals surface area contributed by atoms with Crippen molar-refractivity contribution in [2.45, 2.75) is 51.6 Å². The van der Waals surface area contributed by atoms with Gasteiger partial charge in [-0.1, -0.05) is 0 Å². The molecular weight excluding hydrogens is 438 g/mol. The van der Waals surface area contributed by atoms with Gasteiger partial charge < -0.3 is 14.8 Å². The first-order valence-electron chi connectivity index (χ1n) is 11.8. The number of piperidine rings is 1. The van der Waals surface area contributed by atoms with E-state index in [9.17, 15) is 8.78 Å². The van der Waals surface area contributed by atoms with E-state index in [2.05, 4.69) is 37.3 Å². The molecule has 0 radical (unpaired) electrons. The zero-order valence-corrected chi connectivity index (χ0v) is 19.4. The molecule has 0 amide bonds. The molecule has 1 aliphatic carbocycles. The average molecular weight is 467 g/mol. The molecular formula is C24H28F2N8. The SMILES string of the molecule is Cc1nc2ccc(-c3ccn4nc(NC5CC6(CCN(C)CC6)C5)ncc34)nc2n1CC(F)F. The lowest BCUT2D eigenvalue weighted by molar-refractivity contribution is 0.0325. The molecule has 0 bridgehead atoms. The summed E-state index contributed by atoms with van der Waals surface area (Å²) >= 11 is 0.